The summed E-state index contributed by atoms with van der Waals surface area (Å²) in [6.07, 6.45) is 2.46. The number of amides is 1. The van der Waals surface area contributed by atoms with Crippen LogP contribution < -0.4 is 0 Å². The second kappa shape index (κ2) is 8.57. The molecule has 0 aliphatic carbocycles. The molecular formula is C16H34N2O. The van der Waals surface area contributed by atoms with Gasteiger partial charge < -0.3 is 9.80 Å². The zero-order valence-corrected chi connectivity index (χ0v) is 14.1. The number of nitrogens with zero attached hydrogens (tertiary/aromatic N) is 2. The molecule has 0 aromatic carbocycles. The molecule has 1 fully saturated rings. The fourth-order valence-electron chi connectivity index (χ4n) is 2.53. The minimum absolute atomic E-state index is 0.251. The van der Waals surface area contributed by atoms with Crippen LogP contribution in [0, 0.1) is 11.3 Å². The van der Waals surface area contributed by atoms with Gasteiger partial charge in [0.2, 0.25) is 5.91 Å². The molecule has 0 saturated carbocycles. The summed E-state index contributed by atoms with van der Waals surface area (Å²) < 4.78 is 0. The first-order valence-electron chi connectivity index (χ1n) is 7.82. The standard InChI is InChI=1S/C14H28N2O.C2H6/c1-6-16-9-7-12(8-10-16)11-15(5)13(17)14(2,3)4;1-2/h12H,6-11H2,1-5H3;1-2H3. The Hall–Kier alpha value is -0.570. The van der Waals surface area contributed by atoms with E-state index in [1.807, 2.05) is 46.6 Å². The maximum Gasteiger partial charge on any atom is 0.227 e. The minimum atomic E-state index is -0.251. The summed E-state index contributed by atoms with van der Waals surface area (Å²) in [7, 11) is 1.94. The molecule has 3 heteroatoms. The van der Waals surface area contributed by atoms with E-state index in [1.165, 1.54) is 25.9 Å². The summed E-state index contributed by atoms with van der Waals surface area (Å²) in [4.78, 5) is 16.5. The smallest absolute Gasteiger partial charge is 0.227 e. The van der Waals surface area contributed by atoms with Crippen LogP contribution in [0.15, 0.2) is 0 Å². The van der Waals surface area contributed by atoms with E-state index in [2.05, 4.69) is 11.8 Å². The lowest BCUT2D eigenvalue weighted by Gasteiger charge is -2.34. The number of hydrogen-bond acceptors (Lipinski definition) is 2. The van der Waals surface area contributed by atoms with Crippen molar-refractivity contribution in [3.63, 3.8) is 0 Å². The molecule has 0 aromatic rings. The van der Waals surface area contributed by atoms with Crippen molar-refractivity contribution in [2.75, 3.05) is 33.2 Å². The first-order chi connectivity index (χ1) is 8.84. The highest BCUT2D eigenvalue weighted by Crippen LogP contribution is 2.21. The van der Waals surface area contributed by atoms with Crippen LogP contribution in [0.2, 0.25) is 0 Å². The Morgan fingerprint density at radius 3 is 2.05 bits per heavy atom. The number of rotatable bonds is 3. The van der Waals surface area contributed by atoms with Crippen LogP contribution in [0.3, 0.4) is 0 Å². The lowest BCUT2D eigenvalue weighted by molar-refractivity contribution is -0.138. The van der Waals surface area contributed by atoms with Gasteiger partial charge in [0.15, 0.2) is 0 Å². The van der Waals surface area contributed by atoms with E-state index in [1.54, 1.807) is 0 Å². The van der Waals surface area contributed by atoms with Crippen molar-refractivity contribution >= 4 is 5.91 Å². The quantitative estimate of drug-likeness (QED) is 0.786. The minimum Gasteiger partial charge on any atom is -0.345 e. The third-order valence-corrected chi connectivity index (χ3v) is 3.67. The molecule has 0 aromatic heterocycles. The lowest BCUT2D eigenvalue weighted by Crippen LogP contribution is -2.42. The topological polar surface area (TPSA) is 23.6 Å². The zero-order valence-electron chi connectivity index (χ0n) is 14.1. The molecule has 0 spiro atoms. The van der Waals surface area contributed by atoms with Crippen LogP contribution in [0.1, 0.15) is 54.4 Å². The molecule has 114 valence electrons. The van der Waals surface area contributed by atoms with Crippen LogP contribution in [-0.4, -0.2) is 48.9 Å². The molecule has 1 aliphatic heterocycles. The summed E-state index contributed by atoms with van der Waals surface area (Å²) in [5.74, 6) is 0.949. The number of piperidine rings is 1. The Morgan fingerprint density at radius 1 is 1.21 bits per heavy atom. The molecular weight excluding hydrogens is 236 g/mol. The highest BCUT2D eigenvalue weighted by Gasteiger charge is 2.27. The molecule has 19 heavy (non-hydrogen) atoms. The van der Waals surface area contributed by atoms with Gasteiger partial charge in [-0.25, -0.2) is 0 Å². The molecule has 0 atom stereocenters. The van der Waals surface area contributed by atoms with Gasteiger partial charge in [-0.05, 0) is 38.4 Å². The van der Waals surface area contributed by atoms with Crippen molar-refractivity contribution in [1.82, 2.24) is 9.80 Å². The number of hydrogen-bond donors (Lipinski definition) is 0. The van der Waals surface area contributed by atoms with Gasteiger partial charge in [-0.3, -0.25) is 4.79 Å². The van der Waals surface area contributed by atoms with Gasteiger partial charge >= 0.3 is 0 Å². The molecule has 0 radical (unpaired) electrons. The fraction of sp³-hybridized carbons (Fsp3) is 0.938. The third-order valence-electron chi connectivity index (χ3n) is 3.67. The van der Waals surface area contributed by atoms with Gasteiger partial charge in [-0.2, -0.15) is 0 Å². The summed E-state index contributed by atoms with van der Waals surface area (Å²) >= 11 is 0. The average molecular weight is 270 g/mol. The van der Waals surface area contributed by atoms with Crippen LogP contribution in [0.25, 0.3) is 0 Å². The third kappa shape index (κ3) is 6.42. The normalized spacial score (nSPS) is 17.6. The van der Waals surface area contributed by atoms with Crippen LogP contribution in [-0.2, 0) is 4.79 Å². The highest BCUT2D eigenvalue weighted by atomic mass is 16.2. The molecule has 0 unspecified atom stereocenters. The monoisotopic (exact) mass is 270 g/mol. The predicted octanol–water partition coefficient (Wildman–Crippen LogP) is 3.25. The molecule has 1 amide bonds. The van der Waals surface area contributed by atoms with Crippen molar-refractivity contribution in [3.8, 4) is 0 Å². The zero-order chi connectivity index (χ0) is 15.1. The average Bonchev–Trinajstić information content (AvgIpc) is 2.40. The largest absolute Gasteiger partial charge is 0.345 e. The van der Waals surface area contributed by atoms with E-state index in [0.29, 0.717) is 5.92 Å². The van der Waals surface area contributed by atoms with Crippen molar-refractivity contribution in [2.45, 2.75) is 54.4 Å². The molecule has 1 aliphatic rings. The summed E-state index contributed by atoms with van der Waals surface area (Å²) in [5, 5.41) is 0. The van der Waals surface area contributed by atoms with Crippen molar-refractivity contribution in [2.24, 2.45) is 11.3 Å². The van der Waals surface area contributed by atoms with Crippen molar-refractivity contribution in [1.29, 1.82) is 0 Å². The van der Waals surface area contributed by atoms with Gasteiger partial charge in [0.25, 0.3) is 0 Å². The molecule has 1 heterocycles. The van der Waals surface area contributed by atoms with Gasteiger partial charge in [0.05, 0.1) is 0 Å². The van der Waals surface area contributed by atoms with Gasteiger partial charge in [0, 0.05) is 19.0 Å². The van der Waals surface area contributed by atoms with E-state index < -0.39 is 0 Å². The second-order valence-corrected chi connectivity index (χ2v) is 6.31. The number of carbonyl (C=O) groups is 1. The Kier molecular flexibility index (Phi) is 8.31. The summed E-state index contributed by atoms with van der Waals surface area (Å²) in [5.41, 5.74) is -0.251. The van der Waals surface area contributed by atoms with Crippen LogP contribution in [0.4, 0.5) is 0 Å². The molecule has 1 saturated heterocycles. The first kappa shape index (κ1) is 18.4. The Labute approximate surface area is 120 Å². The van der Waals surface area contributed by atoms with Gasteiger partial charge in [-0.1, -0.05) is 41.5 Å². The first-order valence-corrected chi connectivity index (χ1v) is 7.82. The van der Waals surface area contributed by atoms with Crippen molar-refractivity contribution < 1.29 is 4.79 Å². The molecule has 0 bridgehead atoms. The summed E-state index contributed by atoms with van der Waals surface area (Å²) in [6.45, 7) is 16.7. The lowest BCUT2D eigenvalue weighted by atomic mass is 9.92. The van der Waals surface area contributed by atoms with E-state index in [0.717, 1.165) is 13.1 Å². The van der Waals surface area contributed by atoms with Crippen LogP contribution in [0.5, 0.6) is 0 Å². The second-order valence-electron chi connectivity index (χ2n) is 6.31. The van der Waals surface area contributed by atoms with Crippen molar-refractivity contribution in [3.05, 3.63) is 0 Å². The van der Waals surface area contributed by atoms with Gasteiger partial charge in [0.1, 0.15) is 0 Å². The van der Waals surface area contributed by atoms with E-state index in [4.69, 9.17) is 0 Å². The van der Waals surface area contributed by atoms with E-state index >= 15 is 0 Å². The number of likely N-dealkylation sites (tertiary alicyclic amines) is 1. The highest BCUT2D eigenvalue weighted by molar-refractivity contribution is 5.81. The Balaban J connectivity index is 0.00000154. The maximum absolute atomic E-state index is 12.1. The predicted molar refractivity (Wildman–Crippen MR) is 83.3 cm³/mol. The molecule has 1 rings (SSSR count). The van der Waals surface area contributed by atoms with Gasteiger partial charge in [-0.15, -0.1) is 0 Å². The molecule has 0 N–H and O–H groups in total. The Bertz CT molecular complexity index is 250. The molecule has 3 nitrogen and oxygen atoms in total. The fourth-order valence-corrected chi connectivity index (χ4v) is 2.53. The van der Waals surface area contributed by atoms with E-state index in [-0.39, 0.29) is 11.3 Å². The number of carbonyl (C=O) groups excluding carboxylic acids is 1. The van der Waals surface area contributed by atoms with E-state index in [9.17, 15) is 4.79 Å². The van der Waals surface area contributed by atoms with Crippen LogP contribution >= 0.6 is 0 Å². The summed E-state index contributed by atoms with van der Waals surface area (Å²) in [6, 6.07) is 0. The Morgan fingerprint density at radius 2 is 1.68 bits per heavy atom. The maximum atomic E-state index is 12.1. The SMILES string of the molecule is CC.CCN1CCC(CN(C)C(=O)C(C)(C)C)CC1.